The Kier molecular flexibility index (Phi) is 4.73. The Morgan fingerprint density at radius 2 is 2.25 bits per heavy atom. The van der Waals surface area contributed by atoms with E-state index in [0.717, 1.165) is 11.0 Å². The van der Waals surface area contributed by atoms with E-state index in [0.29, 0.717) is 29.8 Å². The zero-order valence-corrected chi connectivity index (χ0v) is 12.1. The van der Waals surface area contributed by atoms with Crippen molar-refractivity contribution >= 4 is 39.8 Å². The highest BCUT2D eigenvalue weighted by molar-refractivity contribution is 9.10. The van der Waals surface area contributed by atoms with Crippen molar-refractivity contribution in [2.24, 2.45) is 0 Å². The van der Waals surface area contributed by atoms with Crippen LogP contribution in [0.4, 0.5) is 0 Å². The van der Waals surface area contributed by atoms with Gasteiger partial charge in [0.15, 0.2) is 11.3 Å². The van der Waals surface area contributed by atoms with Gasteiger partial charge in [0.05, 0.1) is 0 Å². The summed E-state index contributed by atoms with van der Waals surface area (Å²) in [6.07, 6.45) is 3.61. The third-order valence-corrected chi connectivity index (χ3v) is 3.12. The van der Waals surface area contributed by atoms with E-state index in [-0.39, 0.29) is 5.91 Å². The number of imide groups is 1. The number of amides is 2. The zero-order valence-electron chi connectivity index (χ0n) is 10.5. The van der Waals surface area contributed by atoms with Gasteiger partial charge in [-0.25, -0.2) is 4.79 Å². The third-order valence-electron chi connectivity index (χ3n) is 2.69. The fourth-order valence-electron chi connectivity index (χ4n) is 1.74. The molecule has 20 heavy (non-hydrogen) atoms. The lowest BCUT2D eigenvalue weighted by Crippen LogP contribution is -2.35. The molecule has 0 N–H and O–H groups in total. The first-order valence-corrected chi connectivity index (χ1v) is 6.79. The van der Waals surface area contributed by atoms with Crippen LogP contribution >= 0.6 is 15.9 Å². The summed E-state index contributed by atoms with van der Waals surface area (Å²) in [7, 11) is 0. The van der Waals surface area contributed by atoms with Crippen molar-refractivity contribution in [3.05, 3.63) is 28.6 Å². The second-order valence-electron chi connectivity index (χ2n) is 4.13. The number of hydrogen-bond acceptors (Lipinski definition) is 5. The molecule has 1 fully saturated rings. The predicted molar refractivity (Wildman–Crippen MR) is 72.4 cm³/mol. The molecule has 1 aromatic heterocycles. The zero-order chi connectivity index (χ0) is 14.5. The largest absolute Gasteiger partial charge is 0.452 e. The molecule has 1 aliphatic heterocycles. The van der Waals surface area contributed by atoms with Crippen LogP contribution in [0.5, 0.6) is 0 Å². The van der Waals surface area contributed by atoms with Crippen LogP contribution in [-0.4, -0.2) is 35.8 Å². The molecule has 7 heteroatoms. The molecule has 0 aliphatic carbocycles. The van der Waals surface area contributed by atoms with Crippen LogP contribution in [0.15, 0.2) is 27.3 Å². The van der Waals surface area contributed by atoms with Gasteiger partial charge in [0, 0.05) is 19.0 Å². The topological polar surface area (TPSA) is 76.8 Å². The van der Waals surface area contributed by atoms with E-state index in [1.807, 2.05) is 0 Å². The van der Waals surface area contributed by atoms with Crippen molar-refractivity contribution in [1.82, 2.24) is 4.90 Å². The lowest BCUT2D eigenvalue weighted by molar-refractivity contribution is -0.151. The first-order valence-electron chi connectivity index (χ1n) is 5.99. The van der Waals surface area contributed by atoms with Crippen LogP contribution < -0.4 is 0 Å². The van der Waals surface area contributed by atoms with Gasteiger partial charge in [-0.3, -0.25) is 14.5 Å². The molecule has 0 aromatic carbocycles. The van der Waals surface area contributed by atoms with Gasteiger partial charge in [-0.15, -0.1) is 0 Å². The summed E-state index contributed by atoms with van der Waals surface area (Å²) in [5.41, 5.74) is 0. The van der Waals surface area contributed by atoms with Gasteiger partial charge in [-0.2, -0.15) is 0 Å². The smallest absolute Gasteiger partial charge is 0.331 e. The Bertz CT molecular complexity index is 563. The van der Waals surface area contributed by atoms with Crippen molar-refractivity contribution in [3.8, 4) is 0 Å². The Hall–Kier alpha value is -1.89. The molecule has 6 nitrogen and oxygen atoms in total. The van der Waals surface area contributed by atoms with E-state index in [1.54, 1.807) is 12.1 Å². The maximum Gasteiger partial charge on any atom is 0.331 e. The number of halogens is 1. The van der Waals surface area contributed by atoms with Crippen LogP contribution in [-0.2, 0) is 19.1 Å². The molecule has 1 aromatic rings. The lowest BCUT2D eigenvalue weighted by Gasteiger charge is -2.12. The molecule has 0 spiro atoms. The summed E-state index contributed by atoms with van der Waals surface area (Å²) < 4.78 is 10.5. The standard InChI is InChI=1S/C13H12BrNO5/c14-10-5-3-9(20-10)4-6-13(18)19-8-12(17)15-7-1-2-11(15)16/h3-6H,1-2,7-8H2/b6-4+. The number of carbonyl (C=O) groups excluding carboxylic acids is 3. The normalized spacial score (nSPS) is 15.1. The first-order chi connectivity index (χ1) is 9.56. The molecule has 0 bridgehead atoms. The van der Waals surface area contributed by atoms with E-state index in [9.17, 15) is 14.4 Å². The molecule has 2 heterocycles. The second kappa shape index (κ2) is 6.51. The van der Waals surface area contributed by atoms with Crippen LogP contribution in [0.25, 0.3) is 6.08 Å². The Morgan fingerprint density at radius 3 is 2.85 bits per heavy atom. The summed E-state index contributed by atoms with van der Waals surface area (Å²) in [4.78, 5) is 35.4. The molecule has 1 aliphatic rings. The molecule has 2 amide bonds. The molecule has 0 atom stereocenters. The minimum Gasteiger partial charge on any atom is -0.452 e. The van der Waals surface area contributed by atoms with E-state index >= 15 is 0 Å². The van der Waals surface area contributed by atoms with Crippen LogP contribution in [0.3, 0.4) is 0 Å². The number of esters is 1. The van der Waals surface area contributed by atoms with Gasteiger partial charge in [0.1, 0.15) is 5.76 Å². The highest BCUT2D eigenvalue weighted by Crippen LogP contribution is 2.15. The quantitative estimate of drug-likeness (QED) is 0.615. The van der Waals surface area contributed by atoms with Gasteiger partial charge < -0.3 is 9.15 Å². The maximum absolute atomic E-state index is 11.6. The van der Waals surface area contributed by atoms with Crippen molar-refractivity contribution < 1.29 is 23.5 Å². The molecular weight excluding hydrogens is 330 g/mol. The van der Waals surface area contributed by atoms with Crippen LogP contribution in [0.1, 0.15) is 18.6 Å². The van der Waals surface area contributed by atoms with E-state index in [1.165, 1.54) is 6.08 Å². The minimum atomic E-state index is -0.669. The highest BCUT2D eigenvalue weighted by Gasteiger charge is 2.26. The fourth-order valence-corrected chi connectivity index (χ4v) is 2.06. The van der Waals surface area contributed by atoms with E-state index < -0.39 is 18.5 Å². The molecule has 0 saturated carbocycles. The van der Waals surface area contributed by atoms with Gasteiger partial charge >= 0.3 is 5.97 Å². The maximum atomic E-state index is 11.6. The summed E-state index contributed by atoms with van der Waals surface area (Å²) >= 11 is 3.13. The Labute approximate surface area is 123 Å². The number of rotatable bonds is 4. The van der Waals surface area contributed by atoms with Crippen molar-refractivity contribution in [1.29, 1.82) is 0 Å². The van der Waals surface area contributed by atoms with Gasteiger partial charge in [-0.05, 0) is 40.6 Å². The number of hydrogen-bond donors (Lipinski definition) is 0. The number of ether oxygens (including phenoxy) is 1. The van der Waals surface area contributed by atoms with Gasteiger partial charge in [-0.1, -0.05) is 0 Å². The fraction of sp³-hybridized carbons (Fsp3) is 0.308. The molecule has 1 saturated heterocycles. The average Bonchev–Trinajstić information content (AvgIpc) is 3.02. The van der Waals surface area contributed by atoms with Crippen molar-refractivity contribution in [2.75, 3.05) is 13.2 Å². The predicted octanol–water partition coefficient (Wildman–Crippen LogP) is 1.75. The van der Waals surface area contributed by atoms with Crippen molar-refractivity contribution in [3.63, 3.8) is 0 Å². The number of nitrogens with zero attached hydrogens (tertiary/aromatic N) is 1. The molecule has 0 unspecified atom stereocenters. The summed E-state index contributed by atoms with van der Waals surface area (Å²) in [5, 5.41) is 0. The van der Waals surface area contributed by atoms with Crippen LogP contribution in [0.2, 0.25) is 0 Å². The van der Waals surface area contributed by atoms with E-state index in [2.05, 4.69) is 15.9 Å². The van der Waals surface area contributed by atoms with Gasteiger partial charge in [0.25, 0.3) is 5.91 Å². The molecule has 0 radical (unpaired) electrons. The highest BCUT2D eigenvalue weighted by atomic mass is 79.9. The monoisotopic (exact) mass is 341 g/mol. The van der Waals surface area contributed by atoms with E-state index in [4.69, 9.17) is 9.15 Å². The second-order valence-corrected chi connectivity index (χ2v) is 4.91. The average molecular weight is 342 g/mol. The van der Waals surface area contributed by atoms with Crippen molar-refractivity contribution in [2.45, 2.75) is 12.8 Å². The third kappa shape index (κ3) is 3.80. The number of carbonyl (C=O) groups is 3. The minimum absolute atomic E-state index is 0.220. The Balaban J connectivity index is 1.79. The number of furan rings is 1. The first kappa shape index (κ1) is 14.5. The SMILES string of the molecule is O=C(/C=C/c1ccc(Br)o1)OCC(=O)N1CCCC1=O. The lowest BCUT2D eigenvalue weighted by atomic mass is 10.4. The molecular formula is C13H12BrNO5. The summed E-state index contributed by atoms with van der Waals surface area (Å²) in [6, 6.07) is 3.36. The molecule has 2 rings (SSSR count). The molecule has 106 valence electrons. The van der Waals surface area contributed by atoms with Gasteiger partial charge in [0.2, 0.25) is 5.91 Å². The van der Waals surface area contributed by atoms with Crippen LogP contribution in [0, 0.1) is 0 Å². The summed E-state index contributed by atoms with van der Waals surface area (Å²) in [6.45, 7) is -0.0394. The number of likely N-dealkylation sites (tertiary alicyclic amines) is 1. The Morgan fingerprint density at radius 1 is 1.45 bits per heavy atom. The summed E-state index contributed by atoms with van der Waals surface area (Å²) in [5.74, 6) is -0.899.